The molecule has 4 aromatic rings. The summed E-state index contributed by atoms with van der Waals surface area (Å²) in [5.74, 6) is 1.73. The molecule has 226 valence electrons. The highest BCUT2D eigenvalue weighted by Crippen LogP contribution is 2.38. The van der Waals surface area contributed by atoms with Crippen molar-refractivity contribution in [2.45, 2.75) is 39.5 Å². The Morgan fingerprint density at radius 3 is 2.49 bits per heavy atom. The van der Waals surface area contributed by atoms with E-state index in [4.69, 9.17) is 14.5 Å². The predicted molar refractivity (Wildman–Crippen MR) is 172 cm³/mol. The molecule has 1 fully saturated rings. The summed E-state index contributed by atoms with van der Waals surface area (Å²) in [6.45, 7) is 13.4. The minimum absolute atomic E-state index is 0.000800. The van der Waals surface area contributed by atoms with Gasteiger partial charge in [0.05, 0.1) is 29.0 Å². The number of rotatable bonds is 8. The molecule has 1 amide bonds. The van der Waals surface area contributed by atoms with Gasteiger partial charge in [0.2, 0.25) is 0 Å². The molecular weight excluding hydrogens is 542 g/mol. The van der Waals surface area contributed by atoms with Crippen molar-refractivity contribution in [2.75, 3.05) is 61.4 Å². The van der Waals surface area contributed by atoms with Gasteiger partial charge in [-0.2, -0.15) is 0 Å². The van der Waals surface area contributed by atoms with Crippen molar-refractivity contribution in [3.63, 3.8) is 0 Å². The first-order chi connectivity index (χ1) is 20.7. The number of H-pyrrole nitrogens is 1. The van der Waals surface area contributed by atoms with Crippen LogP contribution in [0.15, 0.2) is 60.7 Å². The Morgan fingerprint density at radius 1 is 0.977 bits per heavy atom. The fourth-order valence-corrected chi connectivity index (χ4v) is 5.56. The van der Waals surface area contributed by atoms with Crippen LogP contribution in [-0.4, -0.2) is 72.4 Å². The number of hydrogen-bond acceptors (Lipinski definition) is 8. The van der Waals surface area contributed by atoms with Crippen molar-refractivity contribution >= 4 is 34.2 Å². The van der Waals surface area contributed by atoms with E-state index in [-0.39, 0.29) is 12.3 Å². The zero-order valence-electron chi connectivity index (χ0n) is 25.4. The molecule has 43 heavy (non-hydrogen) atoms. The smallest absolute Gasteiger partial charge is 0.407 e. The van der Waals surface area contributed by atoms with Gasteiger partial charge in [0, 0.05) is 50.5 Å². The van der Waals surface area contributed by atoms with Crippen LogP contribution in [0.4, 0.5) is 21.9 Å². The van der Waals surface area contributed by atoms with Crippen LogP contribution < -0.4 is 25.6 Å². The average Bonchev–Trinajstić information content (AvgIpc) is 3.61. The first-order valence-electron chi connectivity index (χ1n) is 15.1. The Bertz CT molecular complexity index is 1570. The number of amides is 1. The molecule has 10 nitrogen and oxygen atoms in total. The van der Waals surface area contributed by atoms with Crippen molar-refractivity contribution in [2.24, 2.45) is 0 Å². The van der Waals surface area contributed by atoms with Crippen molar-refractivity contribution in [1.82, 2.24) is 20.2 Å². The number of anilines is 3. The van der Waals surface area contributed by atoms with E-state index in [1.54, 1.807) is 0 Å². The van der Waals surface area contributed by atoms with E-state index in [1.807, 2.05) is 39.8 Å². The summed E-state index contributed by atoms with van der Waals surface area (Å²) in [5, 5.41) is 10.0. The summed E-state index contributed by atoms with van der Waals surface area (Å²) < 4.78 is 10.9. The second-order valence-corrected chi connectivity index (χ2v) is 12.0. The molecule has 4 N–H and O–H groups in total. The molecule has 1 unspecified atom stereocenters. The first-order valence-corrected chi connectivity index (χ1v) is 15.1. The van der Waals surface area contributed by atoms with Crippen LogP contribution in [0.5, 0.6) is 5.75 Å². The van der Waals surface area contributed by atoms with Gasteiger partial charge in [-0.3, -0.25) is 4.90 Å². The molecule has 10 heteroatoms. The number of imidazole rings is 1. The van der Waals surface area contributed by atoms with Gasteiger partial charge in [-0.25, -0.2) is 9.78 Å². The third kappa shape index (κ3) is 6.80. The molecule has 2 aliphatic heterocycles. The predicted octanol–water partition coefficient (Wildman–Crippen LogP) is 5.81. The molecule has 0 spiro atoms. The largest absolute Gasteiger partial charge is 0.494 e. The molecule has 6 rings (SSSR count). The molecular formula is C33H41N7O3. The van der Waals surface area contributed by atoms with Crippen LogP contribution in [0.3, 0.4) is 0 Å². The minimum atomic E-state index is -0.482. The van der Waals surface area contributed by atoms with Crippen molar-refractivity contribution < 1.29 is 14.3 Å². The highest BCUT2D eigenvalue weighted by atomic mass is 16.6. The number of piperazine rings is 1. The lowest BCUT2D eigenvalue weighted by Gasteiger charge is -2.36. The van der Waals surface area contributed by atoms with Gasteiger partial charge < -0.3 is 35.3 Å². The third-order valence-electron chi connectivity index (χ3n) is 7.72. The summed E-state index contributed by atoms with van der Waals surface area (Å²) in [4.78, 5) is 25.1. The summed E-state index contributed by atoms with van der Waals surface area (Å²) in [6.07, 6.45) is -0.361. The monoisotopic (exact) mass is 583 g/mol. The highest BCUT2D eigenvalue weighted by Gasteiger charge is 2.23. The fraction of sp³-hybridized carbons (Fsp3) is 0.394. The molecule has 1 aromatic heterocycles. The first kappa shape index (κ1) is 28.7. The molecule has 1 saturated heterocycles. The summed E-state index contributed by atoms with van der Waals surface area (Å²) >= 11 is 0. The molecule has 3 heterocycles. The number of carbonyl (C=O) groups excluding carboxylic acids is 1. The normalized spacial score (nSPS) is 16.8. The maximum Gasteiger partial charge on any atom is 0.407 e. The zero-order chi connectivity index (χ0) is 30.0. The number of nitrogens with zero attached hydrogens (tertiary/aromatic N) is 3. The number of carbonyl (C=O) groups is 1. The second kappa shape index (κ2) is 12.0. The van der Waals surface area contributed by atoms with Crippen molar-refractivity contribution in [3.05, 3.63) is 66.2 Å². The van der Waals surface area contributed by atoms with E-state index in [1.165, 1.54) is 5.69 Å². The van der Waals surface area contributed by atoms with E-state index < -0.39 is 5.60 Å². The van der Waals surface area contributed by atoms with Gasteiger partial charge in [-0.05, 0) is 81.8 Å². The maximum atomic E-state index is 11.9. The lowest BCUT2D eigenvalue weighted by molar-refractivity contribution is 0.0521. The molecule has 0 saturated carbocycles. The number of nitrogens with one attached hydrogen (secondary N) is 4. The number of ether oxygens (including phenoxy) is 2. The Hall–Kier alpha value is -4.44. The van der Waals surface area contributed by atoms with Gasteiger partial charge in [0.1, 0.15) is 23.3 Å². The summed E-state index contributed by atoms with van der Waals surface area (Å²) in [7, 11) is 0. The van der Waals surface area contributed by atoms with Gasteiger partial charge in [-0.1, -0.05) is 12.1 Å². The number of hydrogen-bond donors (Lipinski definition) is 4. The highest BCUT2D eigenvalue weighted by molar-refractivity contribution is 5.85. The Kier molecular flexibility index (Phi) is 8.03. The number of alkyl carbamates (subject to hydrolysis) is 1. The summed E-state index contributed by atoms with van der Waals surface area (Å²) in [5.41, 5.74) is 6.98. The second-order valence-electron chi connectivity index (χ2n) is 12.0. The number of fused-ring (bicyclic) bond motifs is 2. The van der Waals surface area contributed by atoms with Crippen LogP contribution >= 0.6 is 0 Å². The lowest BCUT2D eigenvalue weighted by atomic mass is 10.1. The molecule has 0 aliphatic carbocycles. The van der Waals surface area contributed by atoms with Gasteiger partial charge in [-0.15, -0.1) is 0 Å². The Labute approximate surface area is 252 Å². The molecule has 3 aromatic carbocycles. The standard InChI is InChI=1S/C33H41N7O3/c1-5-42-25-10-6-22(7-11-25)30-35-26-12-8-23(20-28(26)37-30)31-36-27-13-9-24(21-29(27)38-31)40-18-16-39(17-19-40)15-14-34-32(41)43-33(2,3)4/h6-13,20-21,30,35,37H,5,14-19H2,1-4H3,(H,34,41)(H,36,38). The maximum absolute atomic E-state index is 11.9. The van der Waals surface area contributed by atoms with Crippen LogP contribution in [0.1, 0.15) is 39.4 Å². The Morgan fingerprint density at radius 2 is 1.74 bits per heavy atom. The zero-order valence-corrected chi connectivity index (χ0v) is 25.4. The quantitative estimate of drug-likeness (QED) is 0.206. The molecule has 2 aliphatic rings. The lowest BCUT2D eigenvalue weighted by Crippen LogP contribution is -2.48. The molecule has 0 bridgehead atoms. The van der Waals surface area contributed by atoms with Crippen LogP contribution in [0.25, 0.3) is 22.4 Å². The fourth-order valence-electron chi connectivity index (χ4n) is 5.56. The van der Waals surface area contributed by atoms with E-state index >= 15 is 0 Å². The van der Waals surface area contributed by atoms with Crippen molar-refractivity contribution in [3.8, 4) is 17.1 Å². The van der Waals surface area contributed by atoms with Crippen LogP contribution in [0, 0.1) is 0 Å². The van der Waals surface area contributed by atoms with Crippen LogP contribution in [0.2, 0.25) is 0 Å². The Balaban J connectivity index is 1.05. The van der Waals surface area contributed by atoms with Gasteiger partial charge in [0.25, 0.3) is 0 Å². The minimum Gasteiger partial charge on any atom is -0.494 e. The third-order valence-corrected chi connectivity index (χ3v) is 7.72. The topological polar surface area (TPSA) is 107 Å². The summed E-state index contributed by atoms with van der Waals surface area (Å²) in [6, 6.07) is 21.0. The number of benzene rings is 3. The number of aromatic nitrogens is 2. The van der Waals surface area contributed by atoms with Gasteiger partial charge in [0.15, 0.2) is 0 Å². The van der Waals surface area contributed by atoms with E-state index in [0.717, 1.165) is 77.8 Å². The van der Waals surface area contributed by atoms with Crippen LogP contribution in [-0.2, 0) is 4.74 Å². The molecule has 0 radical (unpaired) electrons. The van der Waals surface area contributed by atoms with E-state index in [2.05, 4.69) is 79.3 Å². The average molecular weight is 584 g/mol. The number of aromatic amines is 1. The van der Waals surface area contributed by atoms with Gasteiger partial charge >= 0.3 is 6.09 Å². The SMILES string of the molecule is CCOc1ccc(C2Nc3ccc(-c4nc5ccc(N6CCN(CCNC(=O)OC(C)(C)C)CC6)cc5[nH]4)cc3N2)cc1. The molecule has 1 atom stereocenters. The van der Waals surface area contributed by atoms with E-state index in [0.29, 0.717) is 13.2 Å². The van der Waals surface area contributed by atoms with Crippen molar-refractivity contribution in [1.29, 1.82) is 0 Å². The van der Waals surface area contributed by atoms with E-state index in [9.17, 15) is 4.79 Å².